The summed E-state index contributed by atoms with van der Waals surface area (Å²) in [7, 11) is 0. The summed E-state index contributed by atoms with van der Waals surface area (Å²) in [6.45, 7) is 2.69. The molecule has 98 valence electrons. The average Bonchev–Trinajstić information content (AvgIpc) is 2.46. The van der Waals surface area contributed by atoms with Crippen molar-refractivity contribution < 1.29 is 9.13 Å². The minimum Gasteiger partial charge on any atom is -0.489 e. The molecular formula is C16H16FNO. The van der Waals surface area contributed by atoms with Crippen molar-refractivity contribution in [2.24, 2.45) is 0 Å². The maximum atomic E-state index is 13.2. The van der Waals surface area contributed by atoms with Gasteiger partial charge in [-0.2, -0.15) is 0 Å². The molecule has 2 nitrogen and oxygen atoms in total. The number of anilines is 1. The topological polar surface area (TPSA) is 21.3 Å². The van der Waals surface area contributed by atoms with Gasteiger partial charge in [-0.3, -0.25) is 0 Å². The second-order valence-corrected chi connectivity index (χ2v) is 4.74. The van der Waals surface area contributed by atoms with Crippen molar-refractivity contribution in [2.45, 2.75) is 19.4 Å². The summed E-state index contributed by atoms with van der Waals surface area (Å²) in [6, 6.07) is 13.1. The number of nitrogens with one attached hydrogen (secondary N) is 1. The minimum atomic E-state index is -0.253. The third-order valence-electron chi connectivity index (χ3n) is 3.47. The fraction of sp³-hybridized carbons (Fsp3) is 0.250. The molecule has 0 saturated heterocycles. The van der Waals surface area contributed by atoms with Crippen molar-refractivity contribution in [1.29, 1.82) is 0 Å². The van der Waals surface area contributed by atoms with E-state index in [9.17, 15) is 4.39 Å². The molecule has 0 aliphatic carbocycles. The monoisotopic (exact) mass is 257 g/mol. The van der Waals surface area contributed by atoms with Gasteiger partial charge in [0.1, 0.15) is 18.2 Å². The van der Waals surface area contributed by atoms with E-state index in [1.165, 1.54) is 17.7 Å². The number of rotatable bonds is 2. The molecule has 0 radical (unpaired) electrons. The van der Waals surface area contributed by atoms with Crippen LogP contribution in [0.4, 0.5) is 10.1 Å². The first-order valence-corrected chi connectivity index (χ1v) is 6.54. The Labute approximate surface area is 112 Å². The molecule has 0 saturated carbocycles. The molecule has 0 bridgehead atoms. The van der Waals surface area contributed by atoms with E-state index < -0.39 is 0 Å². The molecule has 0 fully saturated rings. The summed E-state index contributed by atoms with van der Waals surface area (Å²) in [5, 5.41) is 3.33. The highest BCUT2D eigenvalue weighted by molar-refractivity contribution is 5.59. The van der Waals surface area contributed by atoms with E-state index in [0.717, 1.165) is 17.7 Å². The van der Waals surface area contributed by atoms with E-state index >= 15 is 0 Å². The molecule has 1 aliphatic heterocycles. The Morgan fingerprint density at radius 1 is 1.21 bits per heavy atom. The fourth-order valence-electron chi connectivity index (χ4n) is 2.31. The summed E-state index contributed by atoms with van der Waals surface area (Å²) in [6.07, 6.45) is 1.03. The van der Waals surface area contributed by atoms with Crippen molar-refractivity contribution in [3.63, 3.8) is 0 Å². The molecule has 1 N–H and O–H groups in total. The first-order valence-electron chi connectivity index (χ1n) is 6.54. The maximum absolute atomic E-state index is 13.2. The molecule has 1 unspecified atom stereocenters. The van der Waals surface area contributed by atoms with Crippen LogP contribution in [0.3, 0.4) is 0 Å². The molecule has 3 rings (SSSR count). The van der Waals surface area contributed by atoms with Gasteiger partial charge in [-0.05, 0) is 29.7 Å². The summed E-state index contributed by atoms with van der Waals surface area (Å²) >= 11 is 0. The van der Waals surface area contributed by atoms with Gasteiger partial charge in [0.15, 0.2) is 0 Å². The zero-order valence-corrected chi connectivity index (χ0v) is 10.8. The molecule has 0 spiro atoms. The van der Waals surface area contributed by atoms with Crippen LogP contribution in [0.5, 0.6) is 5.75 Å². The van der Waals surface area contributed by atoms with E-state index in [0.29, 0.717) is 12.4 Å². The second-order valence-electron chi connectivity index (χ2n) is 4.74. The quantitative estimate of drug-likeness (QED) is 0.880. The Balaban J connectivity index is 1.84. The Hall–Kier alpha value is -2.03. The smallest absolute Gasteiger partial charge is 0.142 e. The van der Waals surface area contributed by atoms with Crippen LogP contribution in [0.1, 0.15) is 24.1 Å². The van der Waals surface area contributed by atoms with E-state index in [2.05, 4.69) is 36.5 Å². The molecule has 0 aromatic heterocycles. The van der Waals surface area contributed by atoms with Crippen molar-refractivity contribution in [2.75, 3.05) is 11.9 Å². The molecule has 3 heteroatoms. The molecule has 1 atom stereocenters. The number of aryl methyl sites for hydroxylation is 1. The molecule has 0 amide bonds. The lowest BCUT2D eigenvalue weighted by Gasteiger charge is -2.27. The van der Waals surface area contributed by atoms with Crippen molar-refractivity contribution in [3.8, 4) is 5.75 Å². The van der Waals surface area contributed by atoms with E-state index in [1.807, 2.05) is 0 Å². The SMILES string of the molecule is CCc1ccc(C2COc3ccc(F)cc3N2)cc1. The minimum absolute atomic E-state index is 0.0696. The van der Waals surface area contributed by atoms with E-state index in [1.54, 1.807) is 6.07 Å². The molecule has 1 heterocycles. The van der Waals surface area contributed by atoms with E-state index in [-0.39, 0.29) is 11.9 Å². The van der Waals surface area contributed by atoms with Gasteiger partial charge < -0.3 is 10.1 Å². The lowest BCUT2D eigenvalue weighted by molar-refractivity contribution is 0.286. The Morgan fingerprint density at radius 3 is 2.74 bits per heavy atom. The molecule has 1 aliphatic rings. The van der Waals surface area contributed by atoms with Crippen molar-refractivity contribution in [3.05, 3.63) is 59.4 Å². The fourth-order valence-corrected chi connectivity index (χ4v) is 2.31. The number of hydrogen-bond donors (Lipinski definition) is 1. The van der Waals surface area contributed by atoms with Gasteiger partial charge in [0, 0.05) is 6.07 Å². The number of fused-ring (bicyclic) bond motifs is 1. The van der Waals surface area contributed by atoms with Gasteiger partial charge in [0.25, 0.3) is 0 Å². The van der Waals surface area contributed by atoms with Crippen LogP contribution < -0.4 is 10.1 Å². The van der Waals surface area contributed by atoms with Gasteiger partial charge in [-0.15, -0.1) is 0 Å². The summed E-state index contributed by atoms with van der Waals surface area (Å²) in [4.78, 5) is 0. The van der Waals surface area contributed by atoms with E-state index in [4.69, 9.17) is 4.74 Å². The molecule has 19 heavy (non-hydrogen) atoms. The molecular weight excluding hydrogens is 241 g/mol. The van der Waals surface area contributed by atoms with Gasteiger partial charge >= 0.3 is 0 Å². The third-order valence-corrected chi connectivity index (χ3v) is 3.47. The highest BCUT2D eigenvalue weighted by Crippen LogP contribution is 2.34. The zero-order chi connectivity index (χ0) is 13.2. The zero-order valence-electron chi connectivity index (χ0n) is 10.8. The number of halogens is 1. The average molecular weight is 257 g/mol. The van der Waals surface area contributed by atoms with Crippen LogP contribution >= 0.6 is 0 Å². The highest BCUT2D eigenvalue weighted by Gasteiger charge is 2.20. The van der Waals surface area contributed by atoms with Gasteiger partial charge in [-0.1, -0.05) is 31.2 Å². The summed E-state index contributed by atoms with van der Waals surface area (Å²) in [5.74, 6) is 0.458. The van der Waals surface area contributed by atoms with Gasteiger partial charge in [-0.25, -0.2) is 4.39 Å². The van der Waals surface area contributed by atoms with Crippen LogP contribution in [-0.2, 0) is 6.42 Å². The van der Waals surface area contributed by atoms with Crippen LogP contribution in [0.15, 0.2) is 42.5 Å². The first kappa shape index (κ1) is 12.0. The van der Waals surface area contributed by atoms with Crippen molar-refractivity contribution >= 4 is 5.69 Å². The van der Waals surface area contributed by atoms with Crippen LogP contribution in [0, 0.1) is 5.82 Å². The maximum Gasteiger partial charge on any atom is 0.142 e. The predicted octanol–water partition coefficient (Wildman–Crippen LogP) is 3.93. The lowest BCUT2D eigenvalue weighted by atomic mass is 10.0. The second kappa shape index (κ2) is 4.92. The largest absolute Gasteiger partial charge is 0.489 e. The summed E-state index contributed by atoms with van der Waals surface area (Å²) < 4.78 is 18.9. The number of benzene rings is 2. The number of ether oxygens (including phenoxy) is 1. The lowest BCUT2D eigenvalue weighted by Crippen LogP contribution is -2.24. The van der Waals surface area contributed by atoms with Crippen LogP contribution in [0.2, 0.25) is 0 Å². The molecule has 2 aromatic carbocycles. The predicted molar refractivity (Wildman–Crippen MR) is 74.1 cm³/mol. The number of hydrogen-bond acceptors (Lipinski definition) is 2. The van der Waals surface area contributed by atoms with Crippen LogP contribution in [-0.4, -0.2) is 6.61 Å². The Bertz CT molecular complexity index is 580. The van der Waals surface area contributed by atoms with Crippen molar-refractivity contribution in [1.82, 2.24) is 0 Å². The normalized spacial score (nSPS) is 17.3. The van der Waals surface area contributed by atoms with Gasteiger partial charge in [0.2, 0.25) is 0 Å². The highest BCUT2D eigenvalue weighted by atomic mass is 19.1. The Kier molecular flexibility index (Phi) is 3.11. The summed E-state index contributed by atoms with van der Waals surface area (Å²) in [5.41, 5.74) is 3.19. The van der Waals surface area contributed by atoms with Crippen LogP contribution in [0.25, 0.3) is 0 Å². The standard InChI is InChI=1S/C16H16FNO/c1-2-11-3-5-12(6-4-11)15-10-19-16-8-7-13(17)9-14(16)18-15/h3-9,15,18H,2,10H2,1H3. The molecule has 2 aromatic rings. The Morgan fingerprint density at radius 2 is 2.00 bits per heavy atom. The first-order chi connectivity index (χ1) is 9.26. The third kappa shape index (κ3) is 2.41. The van der Waals surface area contributed by atoms with Gasteiger partial charge in [0.05, 0.1) is 11.7 Å².